The van der Waals surface area contributed by atoms with E-state index in [0.29, 0.717) is 4.90 Å². The Morgan fingerprint density at radius 2 is 1.93 bits per heavy atom. The quantitative estimate of drug-likeness (QED) is 0.645. The standard InChI is InChI=1S/C9H9F3O2S/c10-9(11,12)14-5-6-15-8-4-2-1-3-7(8)13/h1-4,13H,5-6H2. The molecule has 6 heteroatoms. The number of alkyl halides is 3. The SMILES string of the molecule is Oc1ccccc1SCCOC(F)(F)F. The van der Waals surface area contributed by atoms with Gasteiger partial charge in [-0.1, -0.05) is 12.1 Å². The predicted octanol–water partition coefficient (Wildman–Crippen LogP) is 3.02. The molecule has 0 aliphatic heterocycles. The molecular formula is C9H9F3O2S. The lowest BCUT2D eigenvalue weighted by Crippen LogP contribution is -2.15. The summed E-state index contributed by atoms with van der Waals surface area (Å²) >= 11 is 1.11. The number of ether oxygens (including phenoxy) is 1. The van der Waals surface area contributed by atoms with Gasteiger partial charge >= 0.3 is 6.36 Å². The van der Waals surface area contributed by atoms with Crippen LogP contribution in [0.4, 0.5) is 13.2 Å². The fraction of sp³-hybridized carbons (Fsp3) is 0.333. The van der Waals surface area contributed by atoms with Crippen LogP contribution in [0.15, 0.2) is 29.2 Å². The molecular weight excluding hydrogens is 229 g/mol. The van der Waals surface area contributed by atoms with E-state index in [1.54, 1.807) is 18.2 Å². The average Bonchev–Trinajstić information content (AvgIpc) is 2.13. The lowest BCUT2D eigenvalue weighted by Gasteiger charge is -2.07. The lowest BCUT2D eigenvalue weighted by molar-refractivity contribution is -0.322. The van der Waals surface area contributed by atoms with Gasteiger partial charge in [-0.05, 0) is 12.1 Å². The molecule has 0 aliphatic carbocycles. The molecule has 1 aromatic rings. The maximum Gasteiger partial charge on any atom is 0.522 e. The largest absolute Gasteiger partial charge is 0.522 e. The molecule has 0 spiro atoms. The molecule has 1 rings (SSSR count). The van der Waals surface area contributed by atoms with Crippen LogP contribution in [-0.2, 0) is 4.74 Å². The molecule has 0 amide bonds. The van der Waals surface area contributed by atoms with Gasteiger partial charge in [0.1, 0.15) is 5.75 Å². The number of rotatable bonds is 4. The Labute approximate surface area is 89.1 Å². The van der Waals surface area contributed by atoms with Crippen LogP contribution in [0.2, 0.25) is 0 Å². The molecule has 0 saturated carbocycles. The van der Waals surface area contributed by atoms with Crippen LogP contribution in [0, 0.1) is 0 Å². The molecule has 15 heavy (non-hydrogen) atoms. The van der Waals surface area contributed by atoms with Crippen molar-refractivity contribution in [1.29, 1.82) is 0 Å². The number of phenols is 1. The zero-order valence-corrected chi connectivity index (χ0v) is 8.44. The molecule has 0 unspecified atom stereocenters. The molecule has 0 heterocycles. The first kappa shape index (κ1) is 12.2. The highest BCUT2D eigenvalue weighted by molar-refractivity contribution is 7.99. The van der Waals surface area contributed by atoms with Gasteiger partial charge in [0.2, 0.25) is 0 Å². The summed E-state index contributed by atoms with van der Waals surface area (Å²) in [6.45, 7) is -0.428. The van der Waals surface area contributed by atoms with Gasteiger partial charge in [-0.25, -0.2) is 0 Å². The number of hydrogen-bond donors (Lipinski definition) is 1. The summed E-state index contributed by atoms with van der Waals surface area (Å²) < 4.78 is 38.3. The van der Waals surface area contributed by atoms with Crippen molar-refractivity contribution in [2.24, 2.45) is 0 Å². The van der Waals surface area contributed by atoms with Gasteiger partial charge in [-0.15, -0.1) is 24.9 Å². The van der Waals surface area contributed by atoms with Crippen LogP contribution in [0.5, 0.6) is 5.75 Å². The number of thioether (sulfide) groups is 1. The molecule has 2 nitrogen and oxygen atoms in total. The van der Waals surface area contributed by atoms with Crippen molar-refractivity contribution < 1.29 is 23.0 Å². The Kier molecular flexibility index (Phi) is 4.28. The van der Waals surface area contributed by atoms with Gasteiger partial charge in [0, 0.05) is 10.6 Å². The second-order valence-corrected chi connectivity index (χ2v) is 3.75. The summed E-state index contributed by atoms with van der Waals surface area (Å²) in [6.07, 6.45) is -4.58. The third-order valence-corrected chi connectivity index (χ3v) is 2.50. The zero-order chi connectivity index (χ0) is 11.3. The highest BCUT2D eigenvalue weighted by Crippen LogP contribution is 2.27. The van der Waals surface area contributed by atoms with Crippen LogP contribution in [-0.4, -0.2) is 23.8 Å². The summed E-state index contributed by atoms with van der Waals surface area (Å²) in [5.41, 5.74) is 0. The molecule has 0 saturated heterocycles. The lowest BCUT2D eigenvalue weighted by atomic mass is 10.3. The zero-order valence-electron chi connectivity index (χ0n) is 7.62. The fourth-order valence-electron chi connectivity index (χ4n) is 0.888. The number of para-hydroxylation sites is 1. The smallest absolute Gasteiger partial charge is 0.507 e. The number of aromatic hydroxyl groups is 1. The maximum absolute atomic E-state index is 11.6. The van der Waals surface area contributed by atoms with Crippen LogP contribution in [0.25, 0.3) is 0 Å². The molecule has 0 bridgehead atoms. The number of benzene rings is 1. The molecule has 0 fully saturated rings. The van der Waals surface area contributed by atoms with E-state index in [1.165, 1.54) is 6.07 Å². The Morgan fingerprint density at radius 1 is 1.27 bits per heavy atom. The first-order chi connectivity index (χ1) is 6.99. The predicted molar refractivity (Wildman–Crippen MR) is 50.8 cm³/mol. The number of phenolic OH excluding ortho intramolecular Hbond substituents is 1. The van der Waals surface area contributed by atoms with E-state index in [2.05, 4.69) is 4.74 Å². The second kappa shape index (κ2) is 5.27. The Balaban J connectivity index is 2.30. The second-order valence-electron chi connectivity index (χ2n) is 2.61. The van der Waals surface area contributed by atoms with E-state index in [1.807, 2.05) is 0 Å². The fourth-order valence-corrected chi connectivity index (χ4v) is 1.67. The van der Waals surface area contributed by atoms with E-state index >= 15 is 0 Å². The van der Waals surface area contributed by atoms with E-state index in [-0.39, 0.29) is 11.5 Å². The van der Waals surface area contributed by atoms with Gasteiger partial charge in [-0.3, -0.25) is 4.74 Å². The minimum absolute atomic E-state index is 0.0644. The summed E-state index contributed by atoms with van der Waals surface area (Å²) in [5, 5.41) is 9.29. The average molecular weight is 238 g/mol. The highest BCUT2D eigenvalue weighted by Gasteiger charge is 2.28. The van der Waals surface area contributed by atoms with Crippen molar-refractivity contribution in [3.63, 3.8) is 0 Å². The van der Waals surface area contributed by atoms with E-state index in [4.69, 9.17) is 0 Å². The van der Waals surface area contributed by atoms with Crippen molar-refractivity contribution in [3.05, 3.63) is 24.3 Å². The van der Waals surface area contributed by atoms with Crippen molar-refractivity contribution in [1.82, 2.24) is 0 Å². The topological polar surface area (TPSA) is 29.5 Å². The molecule has 0 atom stereocenters. The van der Waals surface area contributed by atoms with Crippen LogP contribution in [0.1, 0.15) is 0 Å². The Morgan fingerprint density at radius 3 is 2.53 bits per heavy atom. The molecule has 0 aliphatic rings. The van der Waals surface area contributed by atoms with Gasteiger partial charge in [0.05, 0.1) is 6.61 Å². The van der Waals surface area contributed by atoms with Crippen molar-refractivity contribution in [3.8, 4) is 5.75 Å². The van der Waals surface area contributed by atoms with E-state index < -0.39 is 13.0 Å². The van der Waals surface area contributed by atoms with Gasteiger partial charge in [0.25, 0.3) is 0 Å². The molecule has 0 aromatic heterocycles. The maximum atomic E-state index is 11.6. The molecule has 0 radical (unpaired) electrons. The van der Waals surface area contributed by atoms with E-state index in [0.717, 1.165) is 11.8 Å². The minimum atomic E-state index is -4.58. The molecule has 1 aromatic carbocycles. The third-order valence-electron chi connectivity index (χ3n) is 1.47. The monoisotopic (exact) mass is 238 g/mol. The number of hydrogen-bond acceptors (Lipinski definition) is 3. The summed E-state index contributed by atoms with van der Waals surface area (Å²) in [6, 6.07) is 6.46. The first-order valence-electron chi connectivity index (χ1n) is 4.10. The molecule has 1 N–H and O–H groups in total. The van der Waals surface area contributed by atoms with Crippen LogP contribution in [0.3, 0.4) is 0 Å². The van der Waals surface area contributed by atoms with Crippen molar-refractivity contribution in [2.75, 3.05) is 12.4 Å². The van der Waals surface area contributed by atoms with Gasteiger partial charge in [0.15, 0.2) is 0 Å². The Bertz CT molecular complexity index is 314. The van der Waals surface area contributed by atoms with Crippen LogP contribution < -0.4 is 0 Å². The minimum Gasteiger partial charge on any atom is -0.507 e. The molecule has 84 valence electrons. The Hall–Kier alpha value is -0.880. The van der Waals surface area contributed by atoms with Crippen LogP contribution >= 0.6 is 11.8 Å². The van der Waals surface area contributed by atoms with E-state index in [9.17, 15) is 18.3 Å². The van der Waals surface area contributed by atoms with Gasteiger partial charge in [-0.2, -0.15) is 0 Å². The number of halogens is 3. The van der Waals surface area contributed by atoms with Crippen molar-refractivity contribution >= 4 is 11.8 Å². The first-order valence-corrected chi connectivity index (χ1v) is 5.09. The normalized spacial score (nSPS) is 11.7. The summed E-state index contributed by atoms with van der Waals surface area (Å²) in [4.78, 5) is 0.545. The van der Waals surface area contributed by atoms with Gasteiger partial charge < -0.3 is 5.11 Å². The highest BCUT2D eigenvalue weighted by atomic mass is 32.2. The summed E-state index contributed by atoms with van der Waals surface area (Å²) in [7, 11) is 0. The third kappa shape index (κ3) is 4.94. The summed E-state index contributed by atoms with van der Waals surface area (Å²) in [5.74, 6) is 0.200. The van der Waals surface area contributed by atoms with Crippen molar-refractivity contribution in [2.45, 2.75) is 11.3 Å².